The second kappa shape index (κ2) is 8.66. The number of morpholine rings is 1. The number of aliphatic imine (C=N–C) groups is 1. The van der Waals surface area contributed by atoms with Crippen molar-refractivity contribution in [2.45, 2.75) is 65.5 Å². The van der Waals surface area contributed by atoms with Gasteiger partial charge >= 0.3 is 0 Å². The summed E-state index contributed by atoms with van der Waals surface area (Å²) < 4.78 is 5.45. The number of hydrogen-bond donors (Lipinski definition) is 0. The van der Waals surface area contributed by atoms with Crippen molar-refractivity contribution < 1.29 is 4.74 Å². The van der Waals surface area contributed by atoms with Crippen molar-refractivity contribution in [2.24, 2.45) is 4.99 Å². The molecule has 0 aliphatic carbocycles. The second-order valence-corrected chi connectivity index (χ2v) is 10.0. The van der Waals surface area contributed by atoms with E-state index in [0.717, 1.165) is 32.0 Å². The van der Waals surface area contributed by atoms with Gasteiger partial charge in [-0.25, -0.2) is 0 Å². The van der Waals surface area contributed by atoms with E-state index >= 15 is 0 Å². The smallest absolute Gasteiger partial charge is 0.0642 e. The molecule has 166 valence electrons. The van der Waals surface area contributed by atoms with E-state index in [1.807, 2.05) is 6.21 Å². The Kier molecular flexibility index (Phi) is 6.11. The fourth-order valence-corrected chi connectivity index (χ4v) is 5.45. The van der Waals surface area contributed by atoms with E-state index in [9.17, 15) is 0 Å². The first-order valence-corrected chi connectivity index (χ1v) is 11.7. The van der Waals surface area contributed by atoms with Gasteiger partial charge in [-0.3, -0.25) is 4.99 Å². The van der Waals surface area contributed by atoms with Crippen LogP contribution in [0.2, 0.25) is 0 Å². The topological polar surface area (TPSA) is 28.1 Å². The first-order valence-electron chi connectivity index (χ1n) is 11.7. The molecule has 2 heterocycles. The molecule has 31 heavy (non-hydrogen) atoms. The third-order valence-electron chi connectivity index (χ3n) is 6.76. The highest BCUT2D eigenvalue weighted by atomic mass is 16.5. The summed E-state index contributed by atoms with van der Waals surface area (Å²) >= 11 is 0. The number of fused-ring (bicyclic) bond motifs is 1. The van der Waals surface area contributed by atoms with Gasteiger partial charge in [-0.2, -0.15) is 0 Å². The van der Waals surface area contributed by atoms with E-state index in [0.29, 0.717) is 12.0 Å². The lowest BCUT2D eigenvalue weighted by Gasteiger charge is -2.50. The van der Waals surface area contributed by atoms with Crippen LogP contribution in [-0.2, 0) is 4.74 Å². The van der Waals surface area contributed by atoms with Crippen LogP contribution in [0.4, 0.5) is 17.1 Å². The summed E-state index contributed by atoms with van der Waals surface area (Å²) in [5, 5.41) is 0. The Bertz CT molecular complexity index is 940. The first-order chi connectivity index (χ1) is 14.8. The van der Waals surface area contributed by atoms with E-state index in [-0.39, 0.29) is 5.54 Å². The van der Waals surface area contributed by atoms with E-state index < -0.39 is 0 Å². The molecule has 0 spiro atoms. The standard InChI is InChI=1S/C27H37N3O/c1-19(2)30-26-15-20(3)22(16-25(26)21(4)17-27(30,5)6)18-28-23-7-9-24(10-8-23)29-11-13-31-14-12-29/h7-10,15-16,18-19,21H,11-14,17H2,1-6H3/t21-/m1/s1. The maximum absolute atomic E-state index is 5.45. The highest BCUT2D eigenvalue weighted by Crippen LogP contribution is 2.45. The van der Waals surface area contributed by atoms with Gasteiger partial charge in [-0.1, -0.05) is 6.92 Å². The second-order valence-electron chi connectivity index (χ2n) is 10.0. The summed E-state index contributed by atoms with van der Waals surface area (Å²) in [5.74, 6) is 0.542. The summed E-state index contributed by atoms with van der Waals surface area (Å²) in [6.45, 7) is 17.4. The third-order valence-corrected chi connectivity index (χ3v) is 6.76. The van der Waals surface area contributed by atoms with Crippen molar-refractivity contribution in [3.8, 4) is 0 Å². The molecule has 1 fully saturated rings. The van der Waals surface area contributed by atoms with Gasteiger partial charge in [-0.15, -0.1) is 0 Å². The number of rotatable bonds is 4. The highest BCUT2D eigenvalue weighted by molar-refractivity contribution is 5.86. The molecule has 0 radical (unpaired) electrons. The molecular weight excluding hydrogens is 382 g/mol. The molecule has 4 rings (SSSR count). The van der Waals surface area contributed by atoms with Crippen molar-refractivity contribution >= 4 is 23.3 Å². The van der Waals surface area contributed by atoms with Gasteiger partial charge in [-0.05, 0) is 100 Å². The van der Waals surface area contributed by atoms with Gasteiger partial charge in [0.15, 0.2) is 0 Å². The average molecular weight is 420 g/mol. The van der Waals surface area contributed by atoms with E-state index in [4.69, 9.17) is 9.73 Å². The predicted octanol–water partition coefficient (Wildman–Crippen LogP) is 6.08. The Hall–Kier alpha value is -2.33. The van der Waals surface area contributed by atoms with Crippen LogP contribution in [0, 0.1) is 6.92 Å². The van der Waals surface area contributed by atoms with Gasteiger partial charge in [0, 0.05) is 42.3 Å². The molecule has 4 nitrogen and oxygen atoms in total. The maximum Gasteiger partial charge on any atom is 0.0642 e. The molecule has 0 unspecified atom stereocenters. The zero-order valence-corrected chi connectivity index (χ0v) is 20.0. The Balaban J connectivity index is 1.58. The molecule has 2 aromatic carbocycles. The van der Waals surface area contributed by atoms with Crippen LogP contribution in [0.5, 0.6) is 0 Å². The SMILES string of the molecule is Cc1cc2c(cc1C=Nc1ccc(N3CCOCC3)cc1)[C@H](C)CC(C)(C)N2C(C)C. The Morgan fingerprint density at radius 1 is 1.10 bits per heavy atom. The molecule has 0 saturated carbocycles. The predicted molar refractivity (Wildman–Crippen MR) is 133 cm³/mol. The number of nitrogens with zero attached hydrogens (tertiary/aromatic N) is 3. The molecule has 0 N–H and O–H groups in total. The number of anilines is 2. The van der Waals surface area contributed by atoms with Gasteiger partial charge in [0.2, 0.25) is 0 Å². The Morgan fingerprint density at radius 2 is 1.77 bits per heavy atom. The van der Waals surface area contributed by atoms with Crippen LogP contribution in [0.25, 0.3) is 0 Å². The van der Waals surface area contributed by atoms with Crippen LogP contribution in [0.3, 0.4) is 0 Å². The first kappa shape index (κ1) is 21.9. The summed E-state index contributed by atoms with van der Waals surface area (Å²) in [7, 11) is 0. The van der Waals surface area contributed by atoms with Gasteiger partial charge in [0.05, 0.1) is 18.9 Å². The summed E-state index contributed by atoms with van der Waals surface area (Å²) in [6.07, 6.45) is 3.20. The minimum atomic E-state index is 0.171. The van der Waals surface area contributed by atoms with Crippen LogP contribution >= 0.6 is 0 Å². The lowest BCUT2D eigenvalue weighted by molar-refractivity contribution is 0.122. The van der Waals surface area contributed by atoms with Crippen LogP contribution in [0.1, 0.15) is 63.6 Å². The monoisotopic (exact) mass is 419 g/mol. The zero-order chi connectivity index (χ0) is 22.2. The van der Waals surface area contributed by atoms with Gasteiger partial charge in [0.1, 0.15) is 0 Å². The average Bonchev–Trinajstić information content (AvgIpc) is 2.72. The highest BCUT2D eigenvalue weighted by Gasteiger charge is 2.37. The van der Waals surface area contributed by atoms with Gasteiger partial charge < -0.3 is 14.5 Å². The molecule has 0 amide bonds. The number of hydrogen-bond acceptors (Lipinski definition) is 4. The minimum Gasteiger partial charge on any atom is -0.378 e. The molecule has 2 aliphatic rings. The summed E-state index contributed by atoms with van der Waals surface area (Å²) in [4.78, 5) is 9.77. The van der Waals surface area contributed by atoms with Crippen LogP contribution in [0.15, 0.2) is 41.4 Å². The largest absolute Gasteiger partial charge is 0.378 e. The van der Waals surface area contributed by atoms with Crippen molar-refractivity contribution in [2.75, 3.05) is 36.1 Å². The summed E-state index contributed by atoms with van der Waals surface area (Å²) in [5.41, 5.74) is 7.75. The molecule has 0 aromatic heterocycles. The van der Waals surface area contributed by atoms with E-state index in [1.54, 1.807) is 0 Å². The number of aryl methyl sites for hydroxylation is 1. The molecule has 0 bridgehead atoms. The molecule has 1 atom stereocenters. The Morgan fingerprint density at radius 3 is 2.42 bits per heavy atom. The zero-order valence-electron chi connectivity index (χ0n) is 20.0. The molecule has 4 heteroatoms. The quantitative estimate of drug-likeness (QED) is 0.562. The van der Waals surface area contributed by atoms with Crippen molar-refractivity contribution in [1.82, 2.24) is 0 Å². The number of ether oxygens (including phenoxy) is 1. The number of benzene rings is 2. The molecular formula is C27H37N3O. The minimum absolute atomic E-state index is 0.171. The normalized spacial score (nSPS) is 21.1. The van der Waals surface area contributed by atoms with Crippen molar-refractivity contribution in [3.63, 3.8) is 0 Å². The maximum atomic E-state index is 5.45. The molecule has 2 aromatic rings. The lowest BCUT2D eigenvalue weighted by Crippen LogP contribution is -2.51. The Labute approximate surface area is 187 Å². The van der Waals surface area contributed by atoms with Crippen molar-refractivity contribution in [1.29, 1.82) is 0 Å². The lowest BCUT2D eigenvalue weighted by atomic mass is 9.78. The molecule has 1 saturated heterocycles. The van der Waals surface area contributed by atoms with Crippen LogP contribution < -0.4 is 9.80 Å². The fourth-order valence-electron chi connectivity index (χ4n) is 5.45. The van der Waals surface area contributed by atoms with E-state index in [2.05, 4.69) is 87.7 Å². The fraction of sp³-hybridized carbons (Fsp3) is 0.519. The van der Waals surface area contributed by atoms with Crippen LogP contribution in [-0.4, -0.2) is 44.1 Å². The van der Waals surface area contributed by atoms with E-state index in [1.165, 1.54) is 34.5 Å². The van der Waals surface area contributed by atoms with Crippen molar-refractivity contribution in [3.05, 3.63) is 53.1 Å². The van der Waals surface area contributed by atoms with Gasteiger partial charge in [0.25, 0.3) is 0 Å². The summed E-state index contributed by atoms with van der Waals surface area (Å²) in [6, 6.07) is 13.8. The molecule has 2 aliphatic heterocycles. The third kappa shape index (κ3) is 4.50.